The maximum Gasteiger partial charge on any atom is 0.132 e. The second-order valence-electron chi connectivity index (χ2n) is 6.17. The maximum absolute atomic E-state index is 5.91. The molecule has 0 spiro atoms. The zero-order valence-electron chi connectivity index (χ0n) is 13.4. The Hall–Kier alpha value is -1.92. The smallest absolute Gasteiger partial charge is 0.132 e. The molecule has 2 fully saturated rings. The number of rotatable bonds is 3. The number of nitrogens with zero attached hydrogens (tertiary/aromatic N) is 5. The Bertz CT molecular complexity index is 682. The quantitative estimate of drug-likeness (QED) is 0.851. The predicted octanol–water partition coefficient (Wildman–Crippen LogP) is 2.36. The van der Waals surface area contributed by atoms with Crippen LogP contribution in [0, 0.1) is 0 Å². The fourth-order valence-corrected chi connectivity index (χ4v) is 3.36. The van der Waals surface area contributed by atoms with Gasteiger partial charge >= 0.3 is 0 Å². The van der Waals surface area contributed by atoms with Crippen molar-refractivity contribution in [1.82, 2.24) is 15.0 Å². The summed E-state index contributed by atoms with van der Waals surface area (Å²) in [4.78, 5) is 17.9. The van der Waals surface area contributed by atoms with Crippen molar-refractivity contribution < 1.29 is 4.74 Å². The van der Waals surface area contributed by atoms with Gasteiger partial charge in [0.05, 0.1) is 17.3 Å². The molecule has 126 valence electrons. The predicted molar refractivity (Wildman–Crippen MR) is 93.9 cm³/mol. The van der Waals surface area contributed by atoms with Gasteiger partial charge in [0.15, 0.2) is 0 Å². The minimum Gasteiger partial charge on any atom is -0.381 e. The van der Waals surface area contributed by atoms with Crippen LogP contribution in [0.2, 0.25) is 5.02 Å². The van der Waals surface area contributed by atoms with Gasteiger partial charge in [-0.1, -0.05) is 11.6 Å². The molecule has 2 aliphatic rings. The number of ether oxygens (including phenoxy) is 1. The Labute approximate surface area is 146 Å². The van der Waals surface area contributed by atoms with Gasteiger partial charge in [-0.3, -0.25) is 0 Å². The largest absolute Gasteiger partial charge is 0.381 e. The summed E-state index contributed by atoms with van der Waals surface area (Å²) in [7, 11) is 0. The Balaban J connectivity index is 1.42. The molecule has 1 atom stereocenters. The molecule has 7 heteroatoms. The molecule has 0 bridgehead atoms. The number of hydrogen-bond acceptors (Lipinski definition) is 6. The summed E-state index contributed by atoms with van der Waals surface area (Å²) in [6.45, 7) is 5.27. The third-order valence-corrected chi connectivity index (χ3v) is 4.88. The first-order chi connectivity index (χ1) is 11.8. The maximum atomic E-state index is 5.91. The number of hydrogen-bond donors (Lipinski definition) is 0. The van der Waals surface area contributed by atoms with Gasteiger partial charge in [-0.15, -0.1) is 0 Å². The van der Waals surface area contributed by atoms with E-state index in [-0.39, 0.29) is 0 Å². The highest BCUT2D eigenvalue weighted by Gasteiger charge is 2.22. The monoisotopic (exact) mass is 345 g/mol. The number of aromatic nitrogens is 3. The molecular formula is C17H20ClN5O. The van der Waals surface area contributed by atoms with Gasteiger partial charge in [-0.2, -0.15) is 0 Å². The van der Waals surface area contributed by atoms with Crippen molar-refractivity contribution in [2.45, 2.75) is 12.3 Å². The van der Waals surface area contributed by atoms with Crippen LogP contribution in [-0.4, -0.2) is 54.3 Å². The van der Waals surface area contributed by atoms with Crippen molar-refractivity contribution >= 4 is 23.2 Å². The standard InChI is InChI=1S/C17H20ClN5O/c18-14-1-2-16(19-10-14)22-4-6-23(7-5-22)17-9-15(20-12-21-17)13-3-8-24-11-13/h1-2,9-10,12-13H,3-8,11H2/t13-/m1/s1. The summed E-state index contributed by atoms with van der Waals surface area (Å²) in [5.41, 5.74) is 1.10. The van der Waals surface area contributed by atoms with Gasteiger partial charge in [0.1, 0.15) is 18.0 Å². The molecule has 2 aromatic rings. The van der Waals surface area contributed by atoms with E-state index < -0.39 is 0 Å². The Morgan fingerprint density at radius 3 is 2.46 bits per heavy atom. The molecule has 4 rings (SSSR count). The van der Waals surface area contributed by atoms with Gasteiger partial charge in [-0.05, 0) is 18.6 Å². The van der Waals surface area contributed by atoms with Crippen molar-refractivity contribution in [2.75, 3.05) is 49.2 Å². The van der Waals surface area contributed by atoms with Gasteiger partial charge < -0.3 is 14.5 Å². The fraction of sp³-hybridized carbons (Fsp3) is 0.471. The number of piperazine rings is 1. The van der Waals surface area contributed by atoms with Gasteiger partial charge in [0.2, 0.25) is 0 Å². The lowest BCUT2D eigenvalue weighted by Gasteiger charge is -2.36. The highest BCUT2D eigenvalue weighted by Crippen LogP contribution is 2.26. The average Bonchev–Trinajstić information content (AvgIpc) is 3.17. The van der Waals surface area contributed by atoms with E-state index in [2.05, 4.69) is 30.8 Å². The molecule has 6 nitrogen and oxygen atoms in total. The van der Waals surface area contributed by atoms with E-state index in [0.29, 0.717) is 10.9 Å². The third kappa shape index (κ3) is 3.30. The normalized spacial score (nSPS) is 21.3. The van der Waals surface area contributed by atoms with E-state index in [4.69, 9.17) is 16.3 Å². The van der Waals surface area contributed by atoms with Crippen molar-refractivity contribution in [3.05, 3.63) is 41.4 Å². The molecule has 4 heterocycles. The van der Waals surface area contributed by atoms with Gasteiger partial charge in [0.25, 0.3) is 0 Å². The zero-order valence-corrected chi connectivity index (χ0v) is 14.2. The van der Waals surface area contributed by atoms with E-state index >= 15 is 0 Å². The lowest BCUT2D eigenvalue weighted by molar-refractivity contribution is 0.193. The third-order valence-electron chi connectivity index (χ3n) is 4.66. The Morgan fingerprint density at radius 2 is 1.79 bits per heavy atom. The number of pyridine rings is 1. The molecule has 24 heavy (non-hydrogen) atoms. The van der Waals surface area contributed by atoms with E-state index in [9.17, 15) is 0 Å². The molecule has 2 aromatic heterocycles. The van der Waals surface area contributed by atoms with Crippen LogP contribution in [0.3, 0.4) is 0 Å². The molecule has 0 amide bonds. The average molecular weight is 346 g/mol. The fourth-order valence-electron chi connectivity index (χ4n) is 3.25. The summed E-state index contributed by atoms with van der Waals surface area (Å²) >= 11 is 5.91. The van der Waals surface area contributed by atoms with Crippen molar-refractivity contribution in [1.29, 1.82) is 0 Å². The summed E-state index contributed by atoms with van der Waals surface area (Å²) in [5.74, 6) is 2.40. The Morgan fingerprint density at radius 1 is 1.00 bits per heavy atom. The number of halogens is 1. The van der Waals surface area contributed by atoms with Crippen molar-refractivity contribution in [2.24, 2.45) is 0 Å². The van der Waals surface area contributed by atoms with E-state index in [0.717, 1.165) is 63.1 Å². The van der Waals surface area contributed by atoms with Crippen LogP contribution in [0.4, 0.5) is 11.6 Å². The molecule has 0 N–H and O–H groups in total. The van der Waals surface area contributed by atoms with Crippen LogP contribution in [0.5, 0.6) is 0 Å². The van der Waals surface area contributed by atoms with Crippen LogP contribution < -0.4 is 9.80 Å². The van der Waals surface area contributed by atoms with Crippen molar-refractivity contribution in [3.8, 4) is 0 Å². The second-order valence-corrected chi connectivity index (χ2v) is 6.61. The molecule has 0 unspecified atom stereocenters. The van der Waals surface area contributed by atoms with Gasteiger partial charge in [-0.25, -0.2) is 15.0 Å². The first kappa shape index (κ1) is 15.6. The molecule has 0 aliphatic carbocycles. The molecule has 0 aromatic carbocycles. The highest BCUT2D eigenvalue weighted by atomic mass is 35.5. The van der Waals surface area contributed by atoms with E-state index in [1.165, 1.54) is 0 Å². The van der Waals surface area contributed by atoms with Crippen LogP contribution in [0.1, 0.15) is 18.0 Å². The molecule has 0 saturated carbocycles. The topological polar surface area (TPSA) is 54.4 Å². The van der Waals surface area contributed by atoms with Crippen LogP contribution >= 0.6 is 11.6 Å². The first-order valence-corrected chi connectivity index (χ1v) is 8.68. The lowest BCUT2D eigenvalue weighted by Crippen LogP contribution is -2.47. The van der Waals surface area contributed by atoms with E-state index in [1.54, 1.807) is 12.5 Å². The SMILES string of the molecule is Clc1ccc(N2CCN(c3cc([C@@H]4CCOC4)ncn3)CC2)nc1. The molecule has 0 radical (unpaired) electrons. The highest BCUT2D eigenvalue weighted by molar-refractivity contribution is 6.30. The summed E-state index contributed by atoms with van der Waals surface area (Å²) in [5, 5.41) is 0.668. The molecule has 2 saturated heterocycles. The Kier molecular flexibility index (Phi) is 4.49. The zero-order chi connectivity index (χ0) is 16.4. The summed E-state index contributed by atoms with van der Waals surface area (Å²) < 4.78 is 5.47. The second kappa shape index (κ2) is 6.91. The minimum atomic E-state index is 0.409. The molecule has 2 aliphatic heterocycles. The van der Waals surface area contributed by atoms with Crippen molar-refractivity contribution in [3.63, 3.8) is 0 Å². The van der Waals surface area contributed by atoms with Gasteiger partial charge in [0, 0.05) is 51.0 Å². The first-order valence-electron chi connectivity index (χ1n) is 8.31. The number of anilines is 2. The van der Waals surface area contributed by atoms with Crippen LogP contribution in [0.25, 0.3) is 0 Å². The molecular weight excluding hydrogens is 326 g/mol. The lowest BCUT2D eigenvalue weighted by atomic mass is 10.0. The van der Waals surface area contributed by atoms with Crippen LogP contribution in [0.15, 0.2) is 30.7 Å². The van der Waals surface area contributed by atoms with Crippen LogP contribution in [-0.2, 0) is 4.74 Å². The van der Waals surface area contributed by atoms with E-state index in [1.807, 2.05) is 12.1 Å². The minimum absolute atomic E-state index is 0.409. The summed E-state index contributed by atoms with van der Waals surface area (Å²) in [6.07, 6.45) is 4.42. The summed E-state index contributed by atoms with van der Waals surface area (Å²) in [6, 6.07) is 5.98.